The van der Waals surface area contributed by atoms with Crippen LogP contribution < -0.4 is 10.6 Å². The van der Waals surface area contributed by atoms with Crippen LogP contribution in [0.25, 0.3) is 0 Å². The summed E-state index contributed by atoms with van der Waals surface area (Å²) in [5.74, 6) is -0.309. The lowest BCUT2D eigenvalue weighted by Crippen LogP contribution is -2.53. The Morgan fingerprint density at radius 3 is 2.81 bits per heavy atom. The number of hydrogen-bond donors (Lipinski definition) is 2. The van der Waals surface area contributed by atoms with Crippen molar-refractivity contribution in [3.63, 3.8) is 0 Å². The van der Waals surface area contributed by atoms with E-state index in [9.17, 15) is 14.4 Å². The highest BCUT2D eigenvalue weighted by molar-refractivity contribution is 5.98. The Balaban J connectivity index is 2.01. The van der Waals surface area contributed by atoms with E-state index >= 15 is 0 Å². The molecule has 1 aliphatic heterocycles. The number of benzene rings is 1. The molecule has 0 aliphatic carbocycles. The Labute approximate surface area is 123 Å². The summed E-state index contributed by atoms with van der Waals surface area (Å²) in [6.07, 6.45) is 0. The van der Waals surface area contributed by atoms with Gasteiger partial charge in [-0.05, 0) is 26.0 Å². The van der Waals surface area contributed by atoms with Gasteiger partial charge in [0.2, 0.25) is 11.8 Å². The number of anilines is 1. The minimum absolute atomic E-state index is 0.0492. The number of carbonyl (C=O) groups is 3. The Morgan fingerprint density at radius 2 is 2.14 bits per heavy atom. The molecular formula is C15H19N3O3. The topological polar surface area (TPSA) is 78.5 Å². The van der Waals surface area contributed by atoms with Crippen molar-refractivity contribution >= 4 is 23.3 Å². The number of nitrogens with zero attached hydrogens (tertiary/aromatic N) is 1. The van der Waals surface area contributed by atoms with Crippen LogP contribution >= 0.6 is 0 Å². The van der Waals surface area contributed by atoms with Gasteiger partial charge in [0.25, 0.3) is 0 Å². The summed E-state index contributed by atoms with van der Waals surface area (Å²) in [4.78, 5) is 36.7. The molecule has 1 atom stereocenters. The fourth-order valence-corrected chi connectivity index (χ4v) is 2.22. The maximum absolute atomic E-state index is 12.2. The number of carbonyl (C=O) groups excluding carboxylic acids is 3. The molecule has 1 aromatic carbocycles. The fraction of sp³-hybridized carbons (Fsp3) is 0.400. The number of hydrogen-bond acceptors (Lipinski definition) is 4. The highest BCUT2D eigenvalue weighted by Gasteiger charge is 2.25. The lowest BCUT2D eigenvalue weighted by atomic mass is 10.1. The molecule has 1 heterocycles. The monoisotopic (exact) mass is 289 g/mol. The molecule has 0 aromatic heterocycles. The van der Waals surface area contributed by atoms with Gasteiger partial charge in [-0.3, -0.25) is 19.3 Å². The van der Waals surface area contributed by atoms with E-state index in [2.05, 4.69) is 10.6 Å². The summed E-state index contributed by atoms with van der Waals surface area (Å²) in [7, 11) is 0. The van der Waals surface area contributed by atoms with Crippen molar-refractivity contribution in [1.29, 1.82) is 0 Å². The van der Waals surface area contributed by atoms with Gasteiger partial charge in [0.05, 0.1) is 12.6 Å². The Morgan fingerprint density at radius 1 is 1.38 bits per heavy atom. The zero-order valence-electron chi connectivity index (χ0n) is 12.2. The van der Waals surface area contributed by atoms with Crippen LogP contribution in [0, 0.1) is 0 Å². The van der Waals surface area contributed by atoms with Crippen LogP contribution in [-0.4, -0.2) is 48.2 Å². The Hall–Kier alpha value is -2.21. The first-order valence-corrected chi connectivity index (χ1v) is 6.90. The van der Waals surface area contributed by atoms with Gasteiger partial charge in [-0.2, -0.15) is 0 Å². The first-order chi connectivity index (χ1) is 9.97. The molecular weight excluding hydrogens is 270 g/mol. The molecule has 1 aromatic rings. The average molecular weight is 289 g/mol. The van der Waals surface area contributed by atoms with Crippen molar-refractivity contribution in [2.24, 2.45) is 0 Å². The van der Waals surface area contributed by atoms with Gasteiger partial charge in [0.1, 0.15) is 0 Å². The van der Waals surface area contributed by atoms with Crippen LogP contribution in [0.1, 0.15) is 24.2 Å². The van der Waals surface area contributed by atoms with Crippen molar-refractivity contribution < 1.29 is 14.4 Å². The maximum Gasteiger partial charge on any atom is 0.241 e. The Bertz CT molecular complexity index is 571. The van der Waals surface area contributed by atoms with E-state index in [-0.39, 0.29) is 24.1 Å². The maximum atomic E-state index is 12.2. The van der Waals surface area contributed by atoms with Gasteiger partial charge < -0.3 is 10.6 Å². The number of piperazine rings is 1. The summed E-state index contributed by atoms with van der Waals surface area (Å²) in [5, 5.41) is 5.51. The molecule has 6 heteroatoms. The van der Waals surface area contributed by atoms with E-state index in [0.29, 0.717) is 24.3 Å². The molecule has 2 rings (SSSR count). The molecule has 6 nitrogen and oxygen atoms in total. The zero-order valence-corrected chi connectivity index (χ0v) is 12.2. The normalized spacial score (nSPS) is 17.0. The van der Waals surface area contributed by atoms with Crippen LogP contribution in [0.4, 0.5) is 5.69 Å². The van der Waals surface area contributed by atoms with Gasteiger partial charge in [-0.1, -0.05) is 12.1 Å². The van der Waals surface area contributed by atoms with E-state index in [1.165, 1.54) is 6.92 Å². The molecule has 112 valence electrons. The molecule has 1 fully saturated rings. The van der Waals surface area contributed by atoms with Gasteiger partial charge in [0, 0.05) is 24.3 Å². The molecule has 0 radical (unpaired) electrons. The quantitative estimate of drug-likeness (QED) is 0.798. The third-order valence-corrected chi connectivity index (χ3v) is 3.53. The SMILES string of the molecule is CC(=O)c1cccc(NC(=O)[C@H](C)N2CCNC(=O)C2)c1. The zero-order chi connectivity index (χ0) is 15.4. The highest BCUT2D eigenvalue weighted by atomic mass is 16.2. The van der Waals surface area contributed by atoms with E-state index in [1.54, 1.807) is 31.2 Å². The van der Waals surface area contributed by atoms with Crippen LogP contribution in [0.3, 0.4) is 0 Å². The smallest absolute Gasteiger partial charge is 0.241 e. The largest absolute Gasteiger partial charge is 0.354 e. The summed E-state index contributed by atoms with van der Waals surface area (Å²) >= 11 is 0. The average Bonchev–Trinajstić information content (AvgIpc) is 2.46. The number of nitrogens with one attached hydrogen (secondary N) is 2. The van der Waals surface area contributed by atoms with Crippen molar-refractivity contribution in [2.75, 3.05) is 25.0 Å². The number of amides is 2. The first-order valence-electron chi connectivity index (χ1n) is 6.90. The fourth-order valence-electron chi connectivity index (χ4n) is 2.22. The molecule has 2 amide bonds. The van der Waals surface area contributed by atoms with Crippen LogP contribution in [0.5, 0.6) is 0 Å². The second-order valence-electron chi connectivity index (χ2n) is 5.12. The van der Waals surface area contributed by atoms with Crippen molar-refractivity contribution in [1.82, 2.24) is 10.2 Å². The second-order valence-corrected chi connectivity index (χ2v) is 5.12. The molecule has 1 aliphatic rings. The Kier molecular flexibility index (Phi) is 4.70. The summed E-state index contributed by atoms with van der Waals surface area (Å²) < 4.78 is 0. The van der Waals surface area contributed by atoms with Crippen LogP contribution in [0.2, 0.25) is 0 Å². The molecule has 2 N–H and O–H groups in total. The molecule has 0 saturated carbocycles. The van der Waals surface area contributed by atoms with E-state index in [0.717, 1.165) is 0 Å². The summed E-state index contributed by atoms with van der Waals surface area (Å²) in [6.45, 7) is 4.67. The predicted molar refractivity (Wildman–Crippen MR) is 79.1 cm³/mol. The molecule has 1 saturated heterocycles. The molecule has 21 heavy (non-hydrogen) atoms. The number of rotatable bonds is 4. The predicted octanol–water partition coefficient (Wildman–Crippen LogP) is 0.648. The summed E-state index contributed by atoms with van der Waals surface area (Å²) in [6, 6.07) is 6.41. The van der Waals surface area contributed by atoms with E-state index in [4.69, 9.17) is 0 Å². The van der Waals surface area contributed by atoms with Gasteiger partial charge in [0.15, 0.2) is 5.78 Å². The van der Waals surface area contributed by atoms with Crippen LogP contribution in [-0.2, 0) is 9.59 Å². The standard InChI is InChI=1S/C15H19N3O3/c1-10(18-7-6-16-14(20)9-18)15(21)17-13-5-3-4-12(8-13)11(2)19/h3-5,8,10H,6-7,9H2,1-2H3,(H,16,20)(H,17,21)/t10-/m0/s1. The van der Waals surface area contributed by atoms with E-state index in [1.807, 2.05) is 4.90 Å². The lowest BCUT2D eigenvalue weighted by molar-refractivity contribution is -0.127. The molecule has 0 unspecified atom stereocenters. The van der Waals surface area contributed by atoms with Crippen molar-refractivity contribution in [3.05, 3.63) is 29.8 Å². The van der Waals surface area contributed by atoms with Crippen molar-refractivity contribution in [3.8, 4) is 0 Å². The molecule has 0 spiro atoms. The van der Waals surface area contributed by atoms with Gasteiger partial charge in [-0.25, -0.2) is 0 Å². The van der Waals surface area contributed by atoms with Gasteiger partial charge >= 0.3 is 0 Å². The summed E-state index contributed by atoms with van der Waals surface area (Å²) in [5.41, 5.74) is 1.14. The van der Waals surface area contributed by atoms with Gasteiger partial charge in [-0.15, -0.1) is 0 Å². The highest BCUT2D eigenvalue weighted by Crippen LogP contribution is 2.13. The number of ketones is 1. The number of Topliss-reactive ketones (excluding diaryl/α,β-unsaturated/α-hetero) is 1. The third-order valence-electron chi connectivity index (χ3n) is 3.53. The minimum Gasteiger partial charge on any atom is -0.354 e. The van der Waals surface area contributed by atoms with Crippen molar-refractivity contribution in [2.45, 2.75) is 19.9 Å². The minimum atomic E-state index is -0.406. The molecule has 0 bridgehead atoms. The second kappa shape index (κ2) is 6.49. The lowest BCUT2D eigenvalue weighted by Gasteiger charge is -2.31. The first kappa shape index (κ1) is 15.2. The third kappa shape index (κ3) is 3.88. The van der Waals surface area contributed by atoms with Crippen LogP contribution in [0.15, 0.2) is 24.3 Å². The van der Waals surface area contributed by atoms with E-state index < -0.39 is 6.04 Å².